The largest absolute Gasteiger partial charge is 0.391 e. The second-order valence-electron chi connectivity index (χ2n) is 3.88. The molecule has 82 valence electrons. The van der Waals surface area contributed by atoms with E-state index in [1.54, 1.807) is 0 Å². The van der Waals surface area contributed by atoms with Crippen LogP contribution in [0.3, 0.4) is 0 Å². The van der Waals surface area contributed by atoms with Gasteiger partial charge >= 0.3 is 0 Å². The molecule has 2 rings (SSSR count). The van der Waals surface area contributed by atoms with Gasteiger partial charge in [-0.3, -0.25) is 0 Å². The molecule has 1 aliphatic rings. The van der Waals surface area contributed by atoms with Crippen molar-refractivity contribution in [2.24, 2.45) is 0 Å². The summed E-state index contributed by atoms with van der Waals surface area (Å²) in [7, 11) is 0. The summed E-state index contributed by atoms with van der Waals surface area (Å²) in [4.78, 5) is 0. The minimum Gasteiger partial charge on any atom is -0.391 e. The molecule has 0 bridgehead atoms. The monoisotopic (exact) mass is 289 g/mol. The van der Waals surface area contributed by atoms with E-state index in [-0.39, 0.29) is 12.1 Å². The van der Waals surface area contributed by atoms with Gasteiger partial charge in [0.1, 0.15) is 0 Å². The van der Waals surface area contributed by atoms with Crippen LogP contribution >= 0.6 is 27.5 Å². The van der Waals surface area contributed by atoms with Crippen molar-refractivity contribution < 1.29 is 5.11 Å². The zero-order chi connectivity index (χ0) is 10.8. The molecule has 1 aromatic rings. The molecule has 0 saturated heterocycles. The number of rotatable bonds is 2. The third kappa shape index (κ3) is 2.65. The fourth-order valence-electron chi connectivity index (χ4n) is 1.91. The predicted octanol–water partition coefficient (Wildman–Crippen LogP) is 3.43. The zero-order valence-corrected chi connectivity index (χ0v) is 10.6. The summed E-state index contributed by atoms with van der Waals surface area (Å²) < 4.78 is 0.890. The van der Waals surface area contributed by atoms with Crippen LogP contribution in [0.2, 0.25) is 5.02 Å². The molecular weight excluding hydrogens is 277 g/mol. The molecule has 2 nitrogen and oxygen atoms in total. The summed E-state index contributed by atoms with van der Waals surface area (Å²) in [6, 6.07) is 5.91. The first kappa shape index (κ1) is 11.2. The lowest BCUT2D eigenvalue weighted by Gasteiger charge is -2.18. The van der Waals surface area contributed by atoms with Crippen LogP contribution in [-0.4, -0.2) is 17.3 Å². The standard InChI is InChI=1S/C11H13BrClNO/c12-8-5-4-7(6-9(8)13)14-10-2-1-3-11(10)15/h4-6,10-11,14-15H,1-3H2/t10-,11-/m1/s1. The Morgan fingerprint density at radius 3 is 2.80 bits per heavy atom. The smallest absolute Gasteiger partial charge is 0.0741 e. The van der Waals surface area contributed by atoms with Crippen molar-refractivity contribution in [1.29, 1.82) is 0 Å². The molecule has 0 aliphatic heterocycles. The van der Waals surface area contributed by atoms with E-state index in [4.69, 9.17) is 11.6 Å². The highest BCUT2D eigenvalue weighted by atomic mass is 79.9. The topological polar surface area (TPSA) is 32.3 Å². The van der Waals surface area contributed by atoms with Gasteiger partial charge in [-0.1, -0.05) is 11.6 Å². The Kier molecular flexibility index (Phi) is 3.54. The highest BCUT2D eigenvalue weighted by Gasteiger charge is 2.24. The number of anilines is 1. The maximum Gasteiger partial charge on any atom is 0.0741 e. The Hall–Kier alpha value is -0.250. The van der Waals surface area contributed by atoms with Crippen molar-refractivity contribution in [3.63, 3.8) is 0 Å². The molecule has 1 aliphatic carbocycles. The van der Waals surface area contributed by atoms with Crippen LogP contribution in [0.5, 0.6) is 0 Å². The van der Waals surface area contributed by atoms with E-state index >= 15 is 0 Å². The Balaban J connectivity index is 2.07. The molecule has 1 aromatic carbocycles. The summed E-state index contributed by atoms with van der Waals surface area (Å²) in [5, 5.41) is 13.7. The van der Waals surface area contributed by atoms with Gasteiger partial charge in [0.05, 0.1) is 17.2 Å². The van der Waals surface area contributed by atoms with E-state index < -0.39 is 0 Å². The van der Waals surface area contributed by atoms with Gasteiger partial charge in [-0.2, -0.15) is 0 Å². The van der Waals surface area contributed by atoms with Crippen molar-refractivity contribution in [1.82, 2.24) is 0 Å². The molecule has 2 N–H and O–H groups in total. The average molecular weight is 291 g/mol. The van der Waals surface area contributed by atoms with Gasteiger partial charge in [-0.25, -0.2) is 0 Å². The highest BCUT2D eigenvalue weighted by Crippen LogP contribution is 2.28. The van der Waals surface area contributed by atoms with Gasteiger partial charge < -0.3 is 10.4 Å². The maximum atomic E-state index is 9.67. The van der Waals surface area contributed by atoms with Gasteiger partial charge in [0.25, 0.3) is 0 Å². The SMILES string of the molecule is O[C@@H]1CCC[C@H]1Nc1ccc(Br)c(Cl)c1. The minimum atomic E-state index is -0.229. The van der Waals surface area contributed by atoms with E-state index in [0.29, 0.717) is 5.02 Å². The molecule has 0 spiro atoms. The van der Waals surface area contributed by atoms with Crippen LogP contribution in [0, 0.1) is 0 Å². The number of aliphatic hydroxyl groups excluding tert-OH is 1. The Bertz CT molecular complexity index is 358. The molecule has 15 heavy (non-hydrogen) atoms. The summed E-state index contributed by atoms with van der Waals surface area (Å²) in [6.07, 6.45) is 2.77. The van der Waals surface area contributed by atoms with Crippen LogP contribution in [0.4, 0.5) is 5.69 Å². The third-order valence-corrected chi connectivity index (χ3v) is 3.98. The molecule has 1 saturated carbocycles. The Labute approximate surface area is 103 Å². The maximum absolute atomic E-state index is 9.67. The van der Waals surface area contributed by atoms with Gasteiger partial charge in [-0.15, -0.1) is 0 Å². The lowest BCUT2D eigenvalue weighted by atomic mass is 10.2. The number of halogens is 2. The normalized spacial score (nSPS) is 25.5. The van der Waals surface area contributed by atoms with E-state index in [1.165, 1.54) is 0 Å². The number of hydrogen-bond acceptors (Lipinski definition) is 2. The van der Waals surface area contributed by atoms with Gasteiger partial charge in [-0.05, 0) is 53.4 Å². The van der Waals surface area contributed by atoms with Gasteiger partial charge in [0.2, 0.25) is 0 Å². The van der Waals surface area contributed by atoms with Crippen LogP contribution in [0.15, 0.2) is 22.7 Å². The summed E-state index contributed by atoms with van der Waals surface area (Å²) >= 11 is 9.33. The first-order chi connectivity index (χ1) is 7.16. The molecule has 4 heteroatoms. The van der Waals surface area contributed by atoms with Crippen molar-refractivity contribution in [2.45, 2.75) is 31.4 Å². The molecule has 0 amide bonds. The average Bonchev–Trinajstić information content (AvgIpc) is 2.59. The first-order valence-electron chi connectivity index (χ1n) is 5.06. The van der Waals surface area contributed by atoms with Crippen LogP contribution in [0.1, 0.15) is 19.3 Å². The molecular formula is C11H13BrClNO. The third-order valence-electron chi connectivity index (χ3n) is 2.75. The van der Waals surface area contributed by atoms with Gasteiger partial charge in [0, 0.05) is 10.2 Å². The molecule has 0 heterocycles. The van der Waals surface area contributed by atoms with Crippen LogP contribution in [-0.2, 0) is 0 Å². The van der Waals surface area contributed by atoms with Crippen molar-refractivity contribution in [3.8, 4) is 0 Å². The Morgan fingerprint density at radius 1 is 1.40 bits per heavy atom. The molecule has 1 fully saturated rings. The quantitative estimate of drug-likeness (QED) is 0.874. The van der Waals surface area contributed by atoms with Crippen molar-refractivity contribution in [3.05, 3.63) is 27.7 Å². The first-order valence-corrected chi connectivity index (χ1v) is 6.23. The van der Waals surface area contributed by atoms with Crippen LogP contribution < -0.4 is 5.32 Å². The summed E-state index contributed by atoms with van der Waals surface area (Å²) in [5.74, 6) is 0. The lowest BCUT2D eigenvalue weighted by Crippen LogP contribution is -2.27. The van der Waals surface area contributed by atoms with E-state index in [2.05, 4.69) is 21.2 Å². The number of nitrogens with one attached hydrogen (secondary N) is 1. The zero-order valence-electron chi connectivity index (χ0n) is 8.21. The molecule has 2 atom stereocenters. The number of aliphatic hydroxyl groups is 1. The predicted molar refractivity (Wildman–Crippen MR) is 66.4 cm³/mol. The minimum absolute atomic E-state index is 0.169. The van der Waals surface area contributed by atoms with Crippen molar-refractivity contribution in [2.75, 3.05) is 5.32 Å². The van der Waals surface area contributed by atoms with Crippen molar-refractivity contribution >= 4 is 33.2 Å². The summed E-state index contributed by atoms with van der Waals surface area (Å²) in [5.41, 5.74) is 0.967. The van der Waals surface area contributed by atoms with Gasteiger partial charge in [0.15, 0.2) is 0 Å². The molecule has 0 aromatic heterocycles. The Morgan fingerprint density at radius 2 is 2.20 bits per heavy atom. The molecule has 0 radical (unpaired) electrons. The van der Waals surface area contributed by atoms with E-state index in [1.807, 2.05) is 18.2 Å². The fraction of sp³-hybridized carbons (Fsp3) is 0.455. The van der Waals surface area contributed by atoms with Crippen LogP contribution in [0.25, 0.3) is 0 Å². The summed E-state index contributed by atoms with van der Waals surface area (Å²) in [6.45, 7) is 0. The highest BCUT2D eigenvalue weighted by molar-refractivity contribution is 9.10. The second-order valence-corrected chi connectivity index (χ2v) is 5.14. The van der Waals surface area contributed by atoms with E-state index in [9.17, 15) is 5.11 Å². The molecule has 0 unspecified atom stereocenters. The lowest BCUT2D eigenvalue weighted by molar-refractivity contribution is 0.172. The number of hydrogen-bond donors (Lipinski definition) is 2. The number of benzene rings is 1. The fourth-order valence-corrected chi connectivity index (χ4v) is 2.34. The second kappa shape index (κ2) is 4.73. The van der Waals surface area contributed by atoms with E-state index in [0.717, 1.165) is 29.4 Å².